The number of nitrogens with two attached hydrogens (primary N) is 1. The molecule has 4 nitrogen and oxygen atoms in total. The number of thioether (sulfide) groups is 1. The van der Waals surface area contributed by atoms with Crippen LogP contribution in [0.5, 0.6) is 0 Å². The molecule has 0 atom stereocenters. The summed E-state index contributed by atoms with van der Waals surface area (Å²) in [7, 11) is 0. The molecule has 5 heteroatoms. The van der Waals surface area contributed by atoms with E-state index in [4.69, 9.17) is 5.84 Å². The van der Waals surface area contributed by atoms with Gasteiger partial charge in [0.25, 0.3) is 0 Å². The Morgan fingerprint density at radius 3 is 2.62 bits per heavy atom. The van der Waals surface area contributed by atoms with E-state index >= 15 is 0 Å². The first-order valence-electron chi connectivity index (χ1n) is 3.99. The third-order valence-electron chi connectivity index (χ3n) is 1.17. The van der Waals surface area contributed by atoms with Crippen molar-refractivity contribution in [3.63, 3.8) is 0 Å². The van der Waals surface area contributed by atoms with Gasteiger partial charge in [-0.25, -0.2) is 10.8 Å². The van der Waals surface area contributed by atoms with Gasteiger partial charge in [0, 0.05) is 4.75 Å². The summed E-state index contributed by atoms with van der Waals surface area (Å²) < 4.78 is 0.141. The van der Waals surface area contributed by atoms with Crippen LogP contribution in [0.25, 0.3) is 0 Å². The fourth-order valence-corrected chi connectivity index (χ4v) is 1.67. The number of hydrogen-bond donors (Lipinski definition) is 2. The lowest BCUT2D eigenvalue weighted by molar-refractivity contribution is 0.798. The lowest BCUT2D eigenvalue weighted by Gasteiger charge is -2.16. The van der Waals surface area contributed by atoms with E-state index in [0.29, 0.717) is 5.82 Å². The van der Waals surface area contributed by atoms with Crippen LogP contribution in [0.15, 0.2) is 17.4 Å². The van der Waals surface area contributed by atoms with Gasteiger partial charge in [0.1, 0.15) is 5.03 Å². The van der Waals surface area contributed by atoms with Crippen LogP contribution < -0.4 is 11.3 Å². The van der Waals surface area contributed by atoms with Gasteiger partial charge in [-0.1, -0.05) is 32.5 Å². The number of hydrazine groups is 1. The van der Waals surface area contributed by atoms with Crippen LogP contribution in [0.1, 0.15) is 20.8 Å². The van der Waals surface area contributed by atoms with Gasteiger partial charge < -0.3 is 5.43 Å². The van der Waals surface area contributed by atoms with E-state index in [1.165, 1.54) is 0 Å². The molecule has 0 saturated carbocycles. The molecule has 0 aromatic carbocycles. The van der Waals surface area contributed by atoms with Crippen molar-refractivity contribution in [2.45, 2.75) is 30.5 Å². The highest BCUT2D eigenvalue weighted by Crippen LogP contribution is 2.30. The quantitative estimate of drug-likeness (QED) is 0.430. The van der Waals surface area contributed by atoms with Crippen molar-refractivity contribution in [3.05, 3.63) is 12.4 Å². The summed E-state index contributed by atoms with van der Waals surface area (Å²) in [4.78, 5) is 8.25. The van der Waals surface area contributed by atoms with E-state index in [0.717, 1.165) is 5.03 Å². The highest BCUT2D eigenvalue weighted by Gasteiger charge is 2.13. The zero-order valence-electron chi connectivity index (χ0n) is 8.03. The fraction of sp³-hybridized carbons (Fsp3) is 0.500. The maximum atomic E-state index is 5.22. The summed E-state index contributed by atoms with van der Waals surface area (Å²) in [5.74, 6) is 5.81. The molecule has 1 aromatic rings. The second kappa shape index (κ2) is 3.93. The first-order valence-corrected chi connectivity index (χ1v) is 4.80. The zero-order chi connectivity index (χ0) is 9.90. The molecule has 1 rings (SSSR count). The van der Waals surface area contributed by atoms with Crippen LogP contribution in [-0.4, -0.2) is 14.7 Å². The van der Waals surface area contributed by atoms with E-state index < -0.39 is 0 Å². The SMILES string of the molecule is CC(C)(C)Sc1cncc(NN)n1. The molecule has 3 N–H and O–H groups in total. The number of nitrogen functional groups attached to an aromatic ring is 1. The Balaban J connectivity index is 2.78. The third-order valence-corrected chi connectivity index (χ3v) is 2.19. The zero-order valence-corrected chi connectivity index (χ0v) is 8.85. The van der Waals surface area contributed by atoms with Crippen molar-refractivity contribution in [1.82, 2.24) is 9.97 Å². The molecule has 72 valence electrons. The Bertz CT molecular complexity index is 282. The second-order valence-electron chi connectivity index (χ2n) is 3.60. The van der Waals surface area contributed by atoms with Crippen molar-refractivity contribution in [3.8, 4) is 0 Å². The van der Waals surface area contributed by atoms with E-state index in [1.807, 2.05) is 0 Å². The Hall–Kier alpha value is -0.810. The molecule has 1 heterocycles. The van der Waals surface area contributed by atoms with Gasteiger partial charge in [-0.3, -0.25) is 4.98 Å². The molecule has 0 saturated heterocycles. The summed E-state index contributed by atoms with van der Waals surface area (Å²) in [6.07, 6.45) is 3.32. The number of aromatic nitrogens is 2. The Labute approximate surface area is 82.3 Å². The second-order valence-corrected chi connectivity index (χ2v) is 5.45. The fourth-order valence-electron chi connectivity index (χ4n) is 0.781. The molecule has 0 aliphatic carbocycles. The van der Waals surface area contributed by atoms with E-state index in [9.17, 15) is 0 Å². The topological polar surface area (TPSA) is 63.8 Å². The first kappa shape index (κ1) is 10.3. The molecule has 0 aliphatic heterocycles. The van der Waals surface area contributed by atoms with E-state index in [-0.39, 0.29) is 4.75 Å². The van der Waals surface area contributed by atoms with Gasteiger partial charge in [-0.2, -0.15) is 0 Å². The molecular formula is C8H14N4S. The lowest BCUT2D eigenvalue weighted by atomic mass is 10.3. The van der Waals surface area contributed by atoms with Crippen LogP contribution in [0, 0.1) is 0 Å². The van der Waals surface area contributed by atoms with Crippen LogP contribution in [0.4, 0.5) is 5.82 Å². The smallest absolute Gasteiger partial charge is 0.159 e. The molecule has 0 aliphatic rings. The van der Waals surface area contributed by atoms with Gasteiger partial charge in [0.05, 0.1) is 12.4 Å². The van der Waals surface area contributed by atoms with Crippen molar-refractivity contribution in [2.75, 3.05) is 5.43 Å². The summed E-state index contributed by atoms with van der Waals surface area (Å²) in [5, 5.41) is 0.878. The number of rotatable bonds is 2. The number of nitrogens with zero attached hydrogens (tertiary/aromatic N) is 2. The lowest BCUT2D eigenvalue weighted by Crippen LogP contribution is -2.11. The maximum Gasteiger partial charge on any atom is 0.159 e. The molecule has 13 heavy (non-hydrogen) atoms. The van der Waals surface area contributed by atoms with Gasteiger partial charge >= 0.3 is 0 Å². The molecule has 0 radical (unpaired) electrons. The number of nitrogens with one attached hydrogen (secondary N) is 1. The van der Waals surface area contributed by atoms with Crippen molar-refractivity contribution >= 4 is 17.6 Å². The minimum absolute atomic E-state index is 0.141. The van der Waals surface area contributed by atoms with Crippen LogP contribution >= 0.6 is 11.8 Å². The molecule has 0 unspecified atom stereocenters. The minimum Gasteiger partial charge on any atom is -0.307 e. The molecule has 0 spiro atoms. The van der Waals surface area contributed by atoms with Gasteiger partial charge in [0.15, 0.2) is 5.82 Å². The summed E-state index contributed by atoms with van der Waals surface area (Å²) in [5.41, 5.74) is 2.47. The van der Waals surface area contributed by atoms with Crippen molar-refractivity contribution in [2.24, 2.45) is 5.84 Å². The molecule has 1 aromatic heterocycles. The highest BCUT2D eigenvalue weighted by atomic mass is 32.2. The van der Waals surface area contributed by atoms with Crippen molar-refractivity contribution in [1.29, 1.82) is 0 Å². The molecule has 0 fully saturated rings. The van der Waals surface area contributed by atoms with Crippen LogP contribution in [0.3, 0.4) is 0 Å². The predicted octanol–water partition coefficient (Wildman–Crippen LogP) is 1.65. The Morgan fingerprint density at radius 2 is 2.08 bits per heavy atom. The predicted molar refractivity (Wildman–Crippen MR) is 55.5 cm³/mol. The normalized spacial score (nSPS) is 11.4. The average molecular weight is 198 g/mol. The van der Waals surface area contributed by atoms with Crippen LogP contribution in [-0.2, 0) is 0 Å². The van der Waals surface area contributed by atoms with Gasteiger partial charge in [-0.05, 0) is 0 Å². The van der Waals surface area contributed by atoms with E-state index in [1.54, 1.807) is 24.2 Å². The Kier molecular flexibility index (Phi) is 3.11. The average Bonchev–Trinajstić information content (AvgIpc) is 2.01. The summed E-state index contributed by atoms with van der Waals surface area (Å²) in [6, 6.07) is 0. The largest absolute Gasteiger partial charge is 0.307 e. The molecular weight excluding hydrogens is 184 g/mol. The standard InChI is InChI=1S/C8H14N4S/c1-8(2,3)13-7-5-10-4-6(11-7)12-9/h4-5H,9H2,1-3H3,(H,11,12). The maximum absolute atomic E-state index is 5.22. The molecule has 0 bridgehead atoms. The van der Waals surface area contributed by atoms with Crippen molar-refractivity contribution < 1.29 is 0 Å². The van der Waals surface area contributed by atoms with Gasteiger partial charge in [0.2, 0.25) is 0 Å². The van der Waals surface area contributed by atoms with Crippen LogP contribution in [0.2, 0.25) is 0 Å². The third kappa shape index (κ3) is 3.61. The monoisotopic (exact) mass is 198 g/mol. The van der Waals surface area contributed by atoms with Gasteiger partial charge in [-0.15, -0.1) is 0 Å². The first-order chi connectivity index (χ1) is 6.01. The highest BCUT2D eigenvalue weighted by molar-refractivity contribution is 8.00. The molecule has 0 amide bonds. The van der Waals surface area contributed by atoms with E-state index in [2.05, 4.69) is 36.2 Å². The summed E-state index contributed by atoms with van der Waals surface area (Å²) in [6.45, 7) is 6.38. The minimum atomic E-state index is 0.141. The number of hydrogen-bond acceptors (Lipinski definition) is 5. The summed E-state index contributed by atoms with van der Waals surface area (Å²) >= 11 is 1.66. The Morgan fingerprint density at radius 1 is 1.38 bits per heavy atom. The number of anilines is 1.